The summed E-state index contributed by atoms with van der Waals surface area (Å²) in [6.07, 6.45) is 7.96. The first-order valence-electron chi connectivity index (χ1n) is 9.84. The molecule has 138 valence electrons. The molecule has 0 aliphatic heterocycles. The number of Topliss-reactive ketones (excluding diaryl/α,β-unsaturated/α-hetero) is 1. The fourth-order valence-electron chi connectivity index (χ4n) is 6.80. The van der Waals surface area contributed by atoms with E-state index < -0.39 is 6.10 Å². The van der Waals surface area contributed by atoms with Gasteiger partial charge in [0.1, 0.15) is 11.9 Å². The van der Waals surface area contributed by atoms with Crippen LogP contribution in [0, 0.1) is 28.6 Å². The number of fused-ring (bicyclic) bond motifs is 5. The van der Waals surface area contributed by atoms with Gasteiger partial charge in [0.05, 0.1) is 6.10 Å². The van der Waals surface area contributed by atoms with Crippen LogP contribution in [-0.2, 0) is 14.3 Å². The molecule has 4 aliphatic rings. The lowest BCUT2D eigenvalue weighted by atomic mass is 9.48. The summed E-state index contributed by atoms with van der Waals surface area (Å²) < 4.78 is 5.47. The Morgan fingerprint density at radius 1 is 1.20 bits per heavy atom. The molecule has 3 saturated carbocycles. The van der Waals surface area contributed by atoms with Gasteiger partial charge in [-0.3, -0.25) is 9.59 Å². The average molecular weight is 346 g/mol. The van der Waals surface area contributed by atoms with E-state index in [4.69, 9.17) is 4.74 Å². The Bertz CT molecular complexity index is 638. The molecular formula is C21H30O4. The molecule has 3 fully saturated rings. The van der Waals surface area contributed by atoms with Gasteiger partial charge in [0.25, 0.3) is 0 Å². The standard InChI is InChI=1S/C21H30O4/c1-12(22)25-14-6-8-20(2)13(10-14)4-5-15-16(20)7-9-21(3)18(24)11-17(23)19(15)21/h4,14-17,19,23H,5-11H2,1-3H3/t14-,15?,16?,17?,19?,20-,21+/m0/s1. The summed E-state index contributed by atoms with van der Waals surface area (Å²) in [6.45, 7) is 5.94. The third-order valence-electron chi connectivity index (χ3n) is 8.09. The molecule has 0 aromatic carbocycles. The van der Waals surface area contributed by atoms with Crippen molar-refractivity contribution in [2.45, 2.75) is 77.9 Å². The topological polar surface area (TPSA) is 63.6 Å². The molecule has 0 amide bonds. The molecule has 1 N–H and O–H groups in total. The fraction of sp³-hybridized carbons (Fsp3) is 0.810. The molecule has 0 radical (unpaired) electrons. The summed E-state index contributed by atoms with van der Waals surface area (Å²) in [5.74, 6) is 1.12. The van der Waals surface area contributed by atoms with Crippen LogP contribution in [0.5, 0.6) is 0 Å². The zero-order chi connectivity index (χ0) is 18.0. The van der Waals surface area contributed by atoms with E-state index in [1.165, 1.54) is 12.5 Å². The van der Waals surface area contributed by atoms with Gasteiger partial charge in [0.15, 0.2) is 0 Å². The van der Waals surface area contributed by atoms with Crippen molar-refractivity contribution in [1.29, 1.82) is 0 Å². The van der Waals surface area contributed by atoms with E-state index in [1.54, 1.807) is 0 Å². The van der Waals surface area contributed by atoms with Crippen LogP contribution in [0.3, 0.4) is 0 Å². The number of carbonyl (C=O) groups excluding carboxylic acids is 2. The minimum absolute atomic E-state index is 0.0147. The Morgan fingerprint density at radius 2 is 1.92 bits per heavy atom. The number of hydrogen-bond acceptors (Lipinski definition) is 4. The number of rotatable bonds is 1. The van der Waals surface area contributed by atoms with Crippen LogP contribution >= 0.6 is 0 Å². The fourth-order valence-corrected chi connectivity index (χ4v) is 6.80. The number of ketones is 1. The number of esters is 1. The summed E-state index contributed by atoms with van der Waals surface area (Å²) in [7, 11) is 0. The number of ether oxygens (including phenoxy) is 1. The van der Waals surface area contributed by atoms with Crippen LogP contribution in [-0.4, -0.2) is 29.1 Å². The summed E-state index contributed by atoms with van der Waals surface area (Å²) in [4.78, 5) is 23.8. The highest BCUT2D eigenvalue weighted by Crippen LogP contribution is 2.64. The molecule has 0 bridgehead atoms. The largest absolute Gasteiger partial charge is 0.462 e. The van der Waals surface area contributed by atoms with Crippen molar-refractivity contribution in [3.05, 3.63) is 11.6 Å². The first kappa shape index (κ1) is 17.3. The van der Waals surface area contributed by atoms with Crippen molar-refractivity contribution in [3.63, 3.8) is 0 Å². The second-order valence-corrected chi connectivity index (χ2v) is 9.30. The monoisotopic (exact) mass is 346 g/mol. The van der Waals surface area contributed by atoms with Crippen LogP contribution < -0.4 is 0 Å². The molecule has 0 spiro atoms. The maximum atomic E-state index is 12.5. The molecular weight excluding hydrogens is 316 g/mol. The van der Waals surface area contributed by atoms with Crippen molar-refractivity contribution >= 4 is 11.8 Å². The minimum atomic E-state index is -0.471. The van der Waals surface area contributed by atoms with Crippen molar-refractivity contribution in [2.75, 3.05) is 0 Å². The molecule has 4 aliphatic carbocycles. The Hall–Kier alpha value is -1.16. The van der Waals surface area contributed by atoms with E-state index in [9.17, 15) is 14.7 Å². The molecule has 4 rings (SSSR count). The summed E-state index contributed by atoms with van der Waals surface area (Å²) in [5.41, 5.74) is 1.25. The number of allylic oxidation sites excluding steroid dienone is 1. The number of aliphatic hydroxyl groups excluding tert-OH is 1. The van der Waals surface area contributed by atoms with Gasteiger partial charge in [-0.2, -0.15) is 0 Å². The van der Waals surface area contributed by atoms with Crippen LogP contribution in [0.15, 0.2) is 11.6 Å². The molecule has 0 saturated heterocycles. The zero-order valence-electron chi connectivity index (χ0n) is 15.6. The van der Waals surface area contributed by atoms with Crippen LogP contribution in [0.1, 0.15) is 65.7 Å². The average Bonchev–Trinajstić information content (AvgIpc) is 2.77. The summed E-state index contributed by atoms with van der Waals surface area (Å²) in [5, 5.41) is 10.6. The third-order valence-corrected chi connectivity index (χ3v) is 8.09. The van der Waals surface area contributed by atoms with E-state index in [2.05, 4.69) is 19.9 Å². The number of carbonyl (C=O) groups is 2. The molecule has 4 heteroatoms. The minimum Gasteiger partial charge on any atom is -0.462 e. The molecule has 0 aromatic rings. The Balaban J connectivity index is 1.62. The molecule has 0 aromatic heterocycles. The van der Waals surface area contributed by atoms with Crippen molar-refractivity contribution in [3.8, 4) is 0 Å². The lowest BCUT2D eigenvalue weighted by Gasteiger charge is -2.57. The maximum Gasteiger partial charge on any atom is 0.302 e. The predicted octanol–water partition coefficient (Wildman–Crippen LogP) is 3.42. The highest BCUT2D eigenvalue weighted by Gasteiger charge is 2.61. The molecule has 4 unspecified atom stereocenters. The van der Waals surface area contributed by atoms with Crippen molar-refractivity contribution in [2.24, 2.45) is 28.6 Å². The Labute approximate surface area is 150 Å². The van der Waals surface area contributed by atoms with Crippen LogP contribution in [0.25, 0.3) is 0 Å². The maximum absolute atomic E-state index is 12.5. The normalized spacial score (nSPS) is 48.9. The smallest absolute Gasteiger partial charge is 0.302 e. The number of aliphatic hydroxyl groups is 1. The predicted molar refractivity (Wildman–Crippen MR) is 93.7 cm³/mol. The lowest BCUT2D eigenvalue weighted by molar-refractivity contribution is -0.149. The highest BCUT2D eigenvalue weighted by molar-refractivity contribution is 5.88. The van der Waals surface area contributed by atoms with Crippen LogP contribution in [0.2, 0.25) is 0 Å². The third kappa shape index (κ3) is 2.43. The zero-order valence-corrected chi connectivity index (χ0v) is 15.6. The quantitative estimate of drug-likeness (QED) is 0.584. The first-order valence-corrected chi connectivity index (χ1v) is 9.84. The van der Waals surface area contributed by atoms with Crippen LogP contribution in [0.4, 0.5) is 0 Å². The molecule has 0 heterocycles. The molecule has 4 nitrogen and oxygen atoms in total. The van der Waals surface area contributed by atoms with Gasteiger partial charge >= 0.3 is 5.97 Å². The summed E-state index contributed by atoms with van der Waals surface area (Å²) >= 11 is 0. The van der Waals surface area contributed by atoms with Gasteiger partial charge < -0.3 is 9.84 Å². The second kappa shape index (κ2) is 5.67. The van der Waals surface area contributed by atoms with E-state index in [0.717, 1.165) is 38.5 Å². The molecule has 25 heavy (non-hydrogen) atoms. The van der Waals surface area contributed by atoms with Gasteiger partial charge in [-0.1, -0.05) is 25.5 Å². The Morgan fingerprint density at radius 3 is 2.64 bits per heavy atom. The van der Waals surface area contributed by atoms with Gasteiger partial charge in [0.2, 0.25) is 0 Å². The number of hydrogen-bond donors (Lipinski definition) is 1. The van der Waals surface area contributed by atoms with Crippen molar-refractivity contribution < 1.29 is 19.4 Å². The van der Waals surface area contributed by atoms with Gasteiger partial charge in [-0.25, -0.2) is 0 Å². The van der Waals surface area contributed by atoms with Gasteiger partial charge in [-0.15, -0.1) is 0 Å². The first-order chi connectivity index (χ1) is 11.8. The van der Waals surface area contributed by atoms with Gasteiger partial charge in [-0.05, 0) is 49.4 Å². The van der Waals surface area contributed by atoms with E-state index in [-0.39, 0.29) is 34.6 Å². The molecule has 7 atom stereocenters. The summed E-state index contributed by atoms with van der Waals surface area (Å²) in [6, 6.07) is 0. The SMILES string of the molecule is CC(=O)O[C@H]1CC[C@@]2(C)C(=CCC3C2CC[C@]2(C)C(=O)CC(O)C32)C1. The van der Waals surface area contributed by atoms with E-state index in [1.807, 2.05) is 0 Å². The van der Waals surface area contributed by atoms with Gasteiger partial charge in [0, 0.05) is 31.1 Å². The van der Waals surface area contributed by atoms with E-state index in [0.29, 0.717) is 18.3 Å². The Kier molecular flexibility index (Phi) is 3.91. The highest BCUT2D eigenvalue weighted by atomic mass is 16.5. The van der Waals surface area contributed by atoms with E-state index >= 15 is 0 Å². The lowest BCUT2D eigenvalue weighted by Crippen LogP contribution is -2.52. The second-order valence-electron chi connectivity index (χ2n) is 9.30. The van der Waals surface area contributed by atoms with Crippen molar-refractivity contribution in [1.82, 2.24) is 0 Å².